The van der Waals surface area contributed by atoms with Crippen LogP contribution in [-0.2, 0) is 12.6 Å². The molecule has 0 aromatic heterocycles. The fraction of sp³-hybridized carbons (Fsp3) is 0.174. The Morgan fingerprint density at radius 3 is 1.53 bits per heavy atom. The van der Waals surface area contributed by atoms with Gasteiger partial charge in [-0.2, -0.15) is 0 Å². The maximum absolute atomic E-state index is 12.9. The predicted molar refractivity (Wildman–Crippen MR) is 112 cm³/mol. The van der Waals surface area contributed by atoms with Crippen LogP contribution in [-0.4, -0.2) is 38.7 Å². The van der Waals surface area contributed by atoms with Crippen molar-refractivity contribution in [2.45, 2.75) is 18.9 Å². The average molecular weight is 513 g/mol. The van der Waals surface area contributed by atoms with Gasteiger partial charge in [0.25, 0.3) is 0 Å². The Kier molecular flexibility index (Phi) is 6.76. The van der Waals surface area contributed by atoms with E-state index in [0.29, 0.717) is 30.3 Å². The normalized spacial score (nSPS) is 15.9. The molecule has 6 nitrogen and oxygen atoms in total. The van der Waals surface area contributed by atoms with Crippen LogP contribution in [0.3, 0.4) is 0 Å². The van der Waals surface area contributed by atoms with E-state index >= 15 is 0 Å². The van der Waals surface area contributed by atoms with Crippen molar-refractivity contribution in [2.75, 3.05) is 6.61 Å². The molecule has 1 atom stereocenters. The zero-order valence-corrected chi connectivity index (χ0v) is 19.2. The van der Waals surface area contributed by atoms with Crippen LogP contribution in [0.4, 0.5) is 0 Å². The number of para-hydroxylation sites is 3. The van der Waals surface area contributed by atoms with Crippen molar-refractivity contribution < 1.29 is 21.8 Å². The summed E-state index contributed by atoms with van der Waals surface area (Å²) in [6.07, 6.45) is 0.767. The molecule has 7 heteroatoms. The molecule has 3 aromatic carbocycles. The molecule has 1 fully saturated rings. The molecule has 4 rings (SSSR count). The number of carbonyl (C=O) groups excluding carboxylic acids is 1. The summed E-state index contributed by atoms with van der Waals surface area (Å²) in [5, 5.41) is 0. The van der Waals surface area contributed by atoms with Gasteiger partial charge in [0.1, 0.15) is 0 Å². The summed E-state index contributed by atoms with van der Waals surface area (Å²) in [6, 6.07) is 27.2. The van der Waals surface area contributed by atoms with Gasteiger partial charge in [0.2, 0.25) is 0 Å². The second-order valence-electron chi connectivity index (χ2n) is 6.67. The van der Waals surface area contributed by atoms with Gasteiger partial charge in [-0.25, -0.2) is 0 Å². The fourth-order valence-electron chi connectivity index (χ4n) is 2.98. The zero-order chi connectivity index (χ0) is 20.7. The van der Waals surface area contributed by atoms with Gasteiger partial charge in [0, 0.05) is 0 Å². The quantitative estimate of drug-likeness (QED) is 0.417. The molecule has 30 heavy (non-hydrogen) atoms. The van der Waals surface area contributed by atoms with Crippen LogP contribution in [0.15, 0.2) is 91.0 Å². The third kappa shape index (κ3) is 5.46. The van der Waals surface area contributed by atoms with E-state index in [1.54, 1.807) is 36.4 Å². The first-order chi connectivity index (χ1) is 14.7. The molecule has 154 valence electrons. The van der Waals surface area contributed by atoms with E-state index in [2.05, 4.69) is 0 Å². The van der Waals surface area contributed by atoms with Crippen molar-refractivity contribution in [3.05, 3.63) is 91.0 Å². The third-order valence-corrected chi connectivity index (χ3v) is 9.82. The molecule has 0 aliphatic carbocycles. The summed E-state index contributed by atoms with van der Waals surface area (Å²) in [6.45, 7) is 0.529. The van der Waals surface area contributed by atoms with Crippen molar-refractivity contribution in [3.8, 4) is 17.2 Å². The van der Waals surface area contributed by atoms with Crippen LogP contribution in [0.1, 0.15) is 12.8 Å². The molecule has 1 saturated heterocycles. The van der Waals surface area contributed by atoms with Crippen LogP contribution in [0, 0.1) is 0 Å². The third-order valence-electron chi connectivity index (χ3n) is 4.38. The van der Waals surface area contributed by atoms with Crippen molar-refractivity contribution in [1.82, 2.24) is 0 Å². The molecule has 1 heterocycles. The molecule has 0 N–H and O–H groups in total. The van der Waals surface area contributed by atoms with Gasteiger partial charge >= 0.3 is 182 Å². The van der Waals surface area contributed by atoms with Crippen LogP contribution in [0.25, 0.3) is 0 Å². The Bertz CT molecular complexity index is 828. The summed E-state index contributed by atoms with van der Waals surface area (Å²) >= 11 is -5.05. The SMILES string of the molecule is O=C([O][Sn]([O]c1ccccc1)([O]c1ccccc1)[O]c1ccccc1)C1CCCO1. The van der Waals surface area contributed by atoms with Crippen LogP contribution >= 0.6 is 0 Å². The summed E-state index contributed by atoms with van der Waals surface area (Å²) in [7, 11) is 0. The van der Waals surface area contributed by atoms with E-state index in [1.165, 1.54) is 0 Å². The van der Waals surface area contributed by atoms with E-state index in [-0.39, 0.29) is 0 Å². The molecule has 0 amide bonds. The number of ether oxygens (including phenoxy) is 1. The van der Waals surface area contributed by atoms with Crippen LogP contribution < -0.4 is 9.22 Å². The number of hydrogen-bond donors (Lipinski definition) is 0. The van der Waals surface area contributed by atoms with E-state index < -0.39 is 32.1 Å². The molecule has 0 bridgehead atoms. The molecular weight excluding hydrogens is 491 g/mol. The molecular formula is C23H22O6Sn. The molecule has 0 radical (unpaired) electrons. The molecule has 1 aliphatic heterocycles. The first-order valence-electron chi connectivity index (χ1n) is 9.79. The number of rotatable bonds is 8. The van der Waals surface area contributed by atoms with Gasteiger partial charge in [0.05, 0.1) is 0 Å². The Balaban J connectivity index is 1.70. The Morgan fingerprint density at radius 2 is 1.17 bits per heavy atom. The Labute approximate surface area is 181 Å². The van der Waals surface area contributed by atoms with Gasteiger partial charge in [-0.1, -0.05) is 0 Å². The molecule has 1 aliphatic rings. The van der Waals surface area contributed by atoms with Crippen molar-refractivity contribution in [2.24, 2.45) is 0 Å². The maximum atomic E-state index is 12.9. The van der Waals surface area contributed by atoms with E-state index in [0.717, 1.165) is 6.42 Å². The van der Waals surface area contributed by atoms with E-state index in [9.17, 15) is 4.79 Å². The first-order valence-corrected chi connectivity index (χ1v) is 14.5. The molecule has 0 spiro atoms. The second-order valence-corrected chi connectivity index (χ2v) is 11.9. The van der Waals surface area contributed by atoms with E-state index in [4.69, 9.17) is 17.0 Å². The Morgan fingerprint density at radius 1 is 0.733 bits per heavy atom. The monoisotopic (exact) mass is 514 g/mol. The predicted octanol–water partition coefficient (Wildman–Crippen LogP) is 4.38. The minimum absolute atomic E-state index is 0.500. The first kappa shape index (κ1) is 20.6. The van der Waals surface area contributed by atoms with Gasteiger partial charge < -0.3 is 0 Å². The number of benzene rings is 3. The van der Waals surface area contributed by atoms with Crippen molar-refractivity contribution in [1.29, 1.82) is 0 Å². The van der Waals surface area contributed by atoms with Crippen molar-refractivity contribution in [3.63, 3.8) is 0 Å². The number of carbonyl (C=O) groups is 1. The fourth-order valence-corrected chi connectivity index (χ4v) is 8.40. The van der Waals surface area contributed by atoms with Crippen molar-refractivity contribution >= 4 is 26.0 Å². The second kappa shape index (κ2) is 9.86. The molecule has 3 aromatic rings. The van der Waals surface area contributed by atoms with E-state index in [1.807, 2.05) is 54.6 Å². The Hall–Kier alpha value is -2.71. The summed E-state index contributed by atoms with van der Waals surface area (Å²) < 4.78 is 30.0. The van der Waals surface area contributed by atoms with Gasteiger partial charge in [0.15, 0.2) is 0 Å². The van der Waals surface area contributed by atoms with Gasteiger partial charge in [-0.3, -0.25) is 0 Å². The summed E-state index contributed by atoms with van der Waals surface area (Å²) in [5.74, 6) is 0.979. The summed E-state index contributed by atoms with van der Waals surface area (Å²) in [5.41, 5.74) is 0. The van der Waals surface area contributed by atoms with Crippen LogP contribution in [0.5, 0.6) is 17.2 Å². The zero-order valence-electron chi connectivity index (χ0n) is 16.3. The van der Waals surface area contributed by atoms with Gasteiger partial charge in [-0.15, -0.1) is 0 Å². The summed E-state index contributed by atoms with van der Waals surface area (Å²) in [4.78, 5) is 12.9. The van der Waals surface area contributed by atoms with Crippen LogP contribution in [0.2, 0.25) is 0 Å². The molecule has 0 saturated carbocycles. The van der Waals surface area contributed by atoms with Gasteiger partial charge in [-0.05, 0) is 0 Å². The molecule has 1 unspecified atom stereocenters. The number of hydrogen-bond acceptors (Lipinski definition) is 6. The minimum atomic E-state index is -5.05. The topological polar surface area (TPSA) is 63.2 Å². The standard InChI is InChI=1S/3C6H6O.C5H8O3.Sn/c3*7-6-4-2-1-3-5-6;6-5(7)4-2-1-3-8-4;/h3*1-5,7H;4H,1-3H2,(H,6,7);/q;;;;+4/p-4. The average Bonchev–Trinajstić information content (AvgIpc) is 3.31.